The first-order chi connectivity index (χ1) is 13.9. The first-order valence-corrected chi connectivity index (χ1v) is 12.9. The van der Waals surface area contributed by atoms with Crippen LogP contribution in [0.1, 0.15) is 29.5 Å². The number of rotatable bonds is 6. The van der Waals surface area contributed by atoms with E-state index in [0.717, 1.165) is 48.1 Å². The number of anilines is 1. The van der Waals surface area contributed by atoms with Gasteiger partial charge in [-0.1, -0.05) is 48.5 Å². The molecule has 5 heteroatoms. The van der Waals surface area contributed by atoms with Crippen molar-refractivity contribution < 1.29 is 9.59 Å². The summed E-state index contributed by atoms with van der Waals surface area (Å²) in [6, 6.07) is 16.5. The summed E-state index contributed by atoms with van der Waals surface area (Å²) in [6.07, 6.45) is 5.37. The minimum Gasteiger partial charge on any atom is -0.359 e. The minimum atomic E-state index is -1.63. The van der Waals surface area contributed by atoms with Crippen molar-refractivity contribution in [1.29, 1.82) is 0 Å². The predicted molar refractivity (Wildman–Crippen MR) is 123 cm³/mol. The summed E-state index contributed by atoms with van der Waals surface area (Å²) in [7, 11) is 0.0787. The molecule has 2 atom stereocenters. The number of nitrogens with one attached hydrogen (secondary N) is 2. The Kier molecular flexibility index (Phi) is 7.08. The fourth-order valence-corrected chi connectivity index (χ4v) is 9.23. The number of para-hydroxylation sites is 1. The Morgan fingerprint density at radius 1 is 1.03 bits per heavy atom. The molecule has 2 aromatic rings. The lowest BCUT2D eigenvalue weighted by Crippen LogP contribution is -2.36. The van der Waals surface area contributed by atoms with Gasteiger partial charge in [0.1, 0.15) is 6.16 Å². The van der Waals surface area contributed by atoms with Gasteiger partial charge in [-0.25, -0.2) is 0 Å². The first kappa shape index (κ1) is 21.5. The number of carbonyl (C=O) groups excluding carboxylic acids is 2. The van der Waals surface area contributed by atoms with Crippen LogP contribution in [0.2, 0.25) is 0 Å². The van der Waals surface area contributed by atoms with Crippen molar-refractivity contribution in [1.82, 2.24) is 5.32 Å². The van der Waals surface area contributed by atoms with Gasteiger partial charge in [-0.3, -0.25) is 9.59 Å². The van der Waals surface area contributed by atoms with Crippen LogP contribution in [0.25, 0.3) is 0 Å². The van der Waals surface area contributed by atoms with Gasteiger partial charge in [-0.2, -0.15) is 0 Å². The average Bonchev–Trinajstić information content (AvgIpc) is 2.71. The Labute approximate surface area is 174 Å². The highest BCUT2D eigenvalue weighted by molar-refractivity contribution is 7.76. The van der Waals surface area contributed by atoms with Crippen LogP contribution in [0, 0.1) is 19.8 Å². The van der Waals surface area contributed by atoms with Crippen molar-refractivity contribution >= 4 is 24.8 Å². The highest BCUT2D eigenvalue weighted by Gasteiger charge is 2.46. The molecule has 0 bridgehead atoms. The lowest BCUT2D eigenvalue weighted by Gasteiger charge is -2.34. The third-order valence-corrected chi connectivity index (χ3v) is 10.5. The normalized spacial score (nSPS) is 21.4. The van der Waals surface area contributed by atoms with Crippen molar-refractivity contribution in [3.8, 4) is 0 Å². The van der Waals surface area contributed by atoms with Gasteiger partial charge in [0.2, 0.25) is 5.91 Å². The van der Waals surface area contributed by atoms with Gasteiger partial charge in [-0.05, 0) is 43.4 Å². The van der Waals surface area contributed by atoms with E-state index in [2.05, 4.69) is 34.9 Å². The van der Waals surface area contributed by atoms with E-state index in [1.54, 1.807) is 7.05 Å². The van der Waals surface area contributed by atoms with Crippen LogP contribution >= 0.6 is 7.26 Å². The smallest absolute Gasteiger partial charge is 0.261 e. The molecule has 2 amide bonds. The summed E-state index contributed by atoms with van der Waals surface area (Å²) in [5.74, 6) is 0.236. The minimum absolute atomic E-state index is 0.0267. The summed E-state index contributed by atoms with van der Waals surface area (Å²) in [6.45, 7) is 4.05. The van der Waals surface area contributed by atoms with Crippen molar-refractivity contribution in [2.45, 2.75) is 32.9 Å². The molecule has 1 heterocycles. The molecular formula is C24H32N2O2P+. The van der Waals surface area contributed by atoms with Crippen molar-refractivity contribution in [2.24, 2.45) is 5.92 Å². The number of carbonyl (C=O) groups is 2. The molecular weight excluding hydrogens is 379 g/mol. The second kappa shape index (κ2) is 9.54. The Balaban J connectivity index is 1.83. The molecule has 2 N–H and O–H groups in total. The molecule has 0 radical (unpaired) electrons. The number of aryl methyl sites for hydroxylation is 2. The molecule has 154 valence electrons. The molecule has 29 heavy (non-hydrogen) atoms. The maximum Gasteiger partial charge on any atom is 0.261 e. The number of hydrogen-bond donors (Lipinski definition) is 2. The van der Waals surface area contributed by atoms with Gasteiger partial charge >= 0.3 is 0 Å². The van der Waals surface area contributed by atoms with Crippen LogP contribution in [0.3, 0.4) is 0 Å². The summed E-state index contributed by atoms with van der Waals surface area (Å²) in [5.41, 5.74) is 4.37. The fraction of sp³-hybridized carbons (Fsp3) is 0.417. The zero-order valence-electron chi connectivity index (χ0n) is 17.7. The summed E-state index contributed by atoms with van der Waals surface area (Å²) in [4.78, 5) is 25.5. The van der Waals surface area contributed by atoms with Crippen LogP contribution in [-0.2, 0) is 15.8 Å². The molecule has 1 aliphatic rings. The zero-order valence-corrected chi connectivity index (χ0v) is 18.6. The Morgan fingerprint density at radius 3 is 2.38 bits per heavy atom. The lowest BCUT2D eigenvalue weighted by atomic mass is 10.1. The summed E-state index contributed by atoms with van der Waals surface area (Å²) in [5, 5.41) is 6.01. The lowest BCUT2D eigenvalue weighted by molar-refractivity contribution is -0.124. The van der Waals surface area contributed by atoms with Crippen molar-refractivity contribution in [2.75, 3.05) is 30.9 Å². The van der Waals surface area contributed by atoms with Gasteiger partial charge in [0, 0.05) is 20.0 Å². The molecule has 1 aliphatic heterocycles. The largest absolute Gasteiger partial charge is 0.359 e. The van der Waals surface area contributed by atoms with E-state index in [9.17, 15) is 9.59 Å². The van der Waals surface area contributed by atoms with E-state index in [1.165, 1.54) is 5.56 Å². The van der Waals surface area contributed by atoms with E-state index >= 15 is 0 Å². The quantitative estimate of drug-likeness (QED) is 0.682. The van der Waals surface area contributed by atoms with Gasteiger partial charge in [0.25, 0.3) is 5.91 Å². The molecule has 3 rings (SSSR count). The SMILES string of the molecule is CNC(=O)C1CCC[P+](CC(=O)Nc2c(C)cccc2C)(Cc2ccccc2)C1. The molecule has 1 fully saturated rings. The van der Waals surface area contributed by atoms with Crippen molar-refractivity contribution in [3.05, 3.63) is 65.2 Å². The molecule has 2 aromatic carbocycles. The molecule has 2 unspecified atom stereocenters. The van der Waals surface area contributed by atoms with E-state index in [1.807, 2.05) is 38.1 Å². The number of amides is 2. The zero-order chi connectivity index (χ0) is 20.9. The van der Waals surface area contributed by atoms with Crippen LogP contribution in [0.5, 0.6) is 0 Å². The van der Waals surface area contributed by atoms with Crippen LogP contribution in [-0.4, -0.2) is 37.3 Å². The number of benzene rings is 2. The number of hydrogen-bond acceptors (Lipinski definition) is 2. The van der Waals surface area contributed by atoms with E-state index in [-0.39, 0.29) is 17.7 Å². The molecule has 0 aromatic heterocycles. The Morgan fingerprint density at radius 2 is 1.72 bits per heavy atom. The highest BCUT2D eigenvalue weighted by Crippen LogP contribution is 2.65. The Bertz CT molecular complexity index is 848. The average molecular weight is 412 g/mol. The molecule has 0 saturated carbocycles. The molecule has 0 spiro atoms. The van der Waals surface area contributed by atoms with Gasteiger partial charge in [-0.15, -0.1) is 0 Å². The van der Waals surface area contributed by atoms with Crippen LogP contribution < -0.4 is 10.6 Å². The monoisotopic (exact) mass is 411 g/mol. The summed E-state index contributed by atoms with van der Waals surface area (Å²) < 4.78 is 0. The topological polar surface area (TPSA) is 58.2 Å². The maximum atomic E-state index is 13.1. The van der Waals surface area contributed by atoms with E-state index < -0.39 is 7.26 Å². The molecule has 1 saturated heterocycles. The van der Waals surface area contributed by atoms with Gasteiger partial charge < -0.3 is 10.6 Å². The standard InChI is InChI=1S/C24H31N2O2P/c1-18-9-7-10-19(2)23(18)26-22(27)17-29(15-20-11-5-4-6-12-20)14-8-13-21(16-29)24(28)25-3/h4-7,9-12,21H,8,13-17H2,1-3H3,(H-,25,26,27,28)/p+1. The van der Waals surface area contributed by atoms with Gasteiger partial charge in [0.05, 0.1) is 24.4 Å². The third-order valence-electron chi connectivity index (χ3n) is 6.00. The van der Waals surface area contributed by atoms with Crippen molar-refractivity contribution in [3.63, 3.8) is 0 Å². The third kappa shape index (κ3) is 5.45. The van der Waals surface area contributed by atoms with E-state index in [0.29, 0.717) is 6.16 Å². The van der Waals surface area contributed by atoms with Gasteiger partial charge in [0.15, 0.2) is 0 Å². The first-order valence-electron chi connectivity index (χ1n) is 10.4. The highest BCUT2D eigenvalue weighted by atomic mass is 31.2. The van der Waals surface area contributed by atoms with E-state index in [4.69, 9.17) is 0 Å². The maximum absolute atomic E-state index is 13.1. The predicted octanol–water partition coefficient (Wildman–Crippen LogP) is 4.62. The van der Waals surface area contributed by atoms with Crippen LogP contribution in [0.15, 0.2) is 48.5 Å². The molecule has 0 aliphatic carbocycles. The Hall–Kier alpha value is -2.19. The second-order valence-corrected chi connectivity index (χ2v) is 12.4. The van der Waals surface area contributed by atoms with Crippen LogP contribution in [0.4, 0.5) is 5.69 Å². The summed E-state index contributed by atoms with van der Waals surface area (Å²) >= 11 is 0. The fourth-order valence-electron chi connectivity index (χ4n) is 4.55. The second-order valence-electron chi connectivity index (χ2n) is 8.32. The molecule has 4 nitrogen and oxygen atoms in total.